The van der Waals surface area contributed by atoms with Crippen molar-refractivity contribution in [3.05, 3.63) is 69.8 Å². The van der Waals surface area contributed by atoms with Crippen LogP contribution in [0.4, 0.5) is 0 Å². The Balaban J connectivity index is 1.57. The number of amides is 1. The number of hydrogen-bond acceptors (Lipinski definition) is 4. The lowest BCUT2D eigenvalue weighted by atomic mass is 9.70. The number of hydrogen-bond donors (Lipinski definition) is 0. The summed E-state index contributed by atoms with van der Waals surface area (Å²) >= 11 is 3.47. The third-order valence-electron chi connectivity index (χ3n) is 6.90. The van der Waals surface area contributed by atoms with Crippen LogP contribution in [-0.2, 0) is 20.9 Å². The number of carbonyl (C=O) groups excluding carboxylic acids is 2. The largest absolute Gasteiger partial charge is 0.483 e. The highest BCUT2D eigenvalue weighted by molar-refractivity contribution is 9.10. The molecule has 1 aromatic heterocycles. The van der Waals surface area contributed by atoms with Crippen molar-refractivity contribution in [3.8, 4) is 0 Å². The van der Waals surface area contributed by atoms with Gasteiger partial charge in [-0.2, -0.15) is 0 Å². The van der Waals surface area contributed by atoms with Gasteiger partial charge in [0.15, 0.2) is 11.5 Å². The molecule has 2 aliphatic heterocycles. The maximum Gasteiger partial charge on any atom is 0.290 e. The fourth-order valence-electron chi connectivity index (χ4n) is 5.03. The van der Waals surface area contributed by atoms with Crippen molar-refractivity contribution in [1.82, 2.24) is 4.90 Å². The molecule has 1 saturated carbocycles. The summed E-state index contributed by atoms with van der Waals surface area (Å²) in [4.78, 5) is 28.8. The summed E-state index contributed by atoms with van der Waals surface area (Å²) in [5, 5.41) is 0. The first-order valence-corrected chi connectivity index (χ1v) is 11.3. The van der Waals surface area contributed by atoms with Gasteiger partial charge in [-0.15, -0.1) is 0 Å². The summed E-state index contributed by atoms with van der Waals surface area (Å²) in [7, 11) is 0. The van der Waals surface area contributed by atoms with E-state index in [0.717, 1.165) is 22.9 Å². The molecule has 0 saturated heterocycles. The summed E-state index contributed by atoms with van der Waals surface area (Å²) < 4.78 is 12.7. The average molecular weight is 470 g/mol. The quantitative estimate of drug-likeness (QED) is 0.632. The molecule has 1 amide bonds. The molecule has 5 unspecified atom stereocenters. The van der Waals surface area contributed by atoms with Crippen LogP contribution in [-0.4, -0.2) is 22.7 Å². The van der Waals surface area contributed by atoms with Gasteiger partial charge in [0, 0.05) is 4.47 Å². The number of nitrogens with zero attached hydrogens (tertiary/aromatic N) is 1. The molecule has 0 bridgehead atoms. The highest BCUT2D eigenvalue weighted by Crippen LogP contribution is 2.49. The van der Waals surface area contributed by atoms with Crippen molar-refractivity contribution in [3.63, 3.8) is 0 Å². The Hall–Kier alpha value is -2.34. The van der Waals surface area contributed by atoms with E-state index in [1.54, 1.807) is 17.2 Å². The molecule has 5 rings (SSSR count). The van der Waals surface area contributed by atoms with E-state index in [-0.39, 0.29) is 29.5 Å². The van der Waals surface area contributed by atoms with Crippen LogP contribution in [0.1, 0.15) is 44.1 Å². The molecule has 1 aliphatic carbocycles. The number of Topliss-reactive ketones (excluding diaryl/α,β-unsaturated/α-hetero) is 1. The van der Waals surface area contributed by atoms with Crippen LogP contribution in [0.3, 0.4) is 0 Å². The van der Waals surface area contributed by atoms with Crippen LogP contribution < -0.4 is 0 Å². The van der Waals surface area contributed by atoms with Gasteiger partial charge in [-0.25, -0.2) is 0 Å². The van der Waals surface area contributed by atoms with E-state index in [0.29, 0.717) is 29.7 Å². The number of furan rings is 1. The number of benzene rings is 1. The lowest BCUT2D eigenvalue weighted by Crippen LogP contribution is -2.43. The Bertz CT molecular complexity index is 1010. The number of fused-ring (bicyclic) bond motifs is 1. The van der Waals surface area contributed by atoms with Crippen LogP contribution in [0.5, 0.6) is 0 Å². The van der Waals surface area contributed by atoms with Crippen LogP contribution in [0.25, 0.3) is 0 Å². The first kappa shape index (κ1) is 19.6. The first-order valence-electron chi connectivity index (χ1n) is 10.5. The van der Waals surface area contributed by atoms with Crippen LogP contribution in [0, 0.1) is 17.8 Å². The molecule has 30 heavy (non-hydrogen) atoms. The zero-order valence-electron chi connectivity index (χ0n) is 17.0. The van der Waals surface area contributed by atoms with Crippen molar-refractivity contribution in [1.29, 1.82) is 0 Å². The highest BCUT2D eigenvalue weighted by Gasteiger charge is 2.53. The normalized spacial score (nSPS) is 30.9. The first-order chi connectivity index (χ1) is 14.4. The standard InChI is InChI=1S/C24H24BrNO4/c1-13-10-18-19(11-14(13)2)30-23-20(22(18)27)21(15-5-7-16(25)8-6-15)26(24(23)28)12-17-4-3-9-29-17/h3-9,13-14,18-19,21H,10-12H2,1-2H3. The monoisotopic (exact) mass is 469 g/mol. The molecule has 6 heteroatoms. The van der Waals surface area contributed by atoms with Gasteiger partial charge in [0.25, 0.3) is 5.91 Å². The van der Waals surface area contributed by atoms with Gasteiger partial charge in [-0.05, 0) is 54.5 Å². The Kier molecular flexibility index (Phi) is 4.85. The SMILES string of the molecule is CC1CC2OC3=C(C(=O)C2CC1C)C(c1ccc(Br)cc1)N(Cc1ccco1)C3=O. The van der Waals surface area contributed by atoms with Gasteiger partial charge in [-0.1, -0.05) is 41.9 Å². The number of carbonyl (C=O) groups is 2. The van der Waals surface area contributed by atoms with Crippen molar-refractivity contribution in [2.75, 3.05) is 0 Å². The molecule has 3 aliphatic rings. The maximum absolute atomic E-state index is 13.7. The lowest BCUT2D eigenvalue weighted by Gasteiger charge is -2.40. The van der Waals surface area contributed by atoms with Gasteiger partial charge < -0.3 is 14.1 Å². The van der Waals surface area contributed by atoms with E-state index in [1.165, 1.54) is 0 Å². The van der Waals surface area contributed by atoms with E-state index < -0.39 is 6.04 Å². The Morgan fingerprint density at radius 1 is 1.07 bits per heavy atom. The van der Waals surface area contributed by atoms with Crippen molar-refractivity contribution in [2.45, 2.75) is 45.4 Å². The Morgan fingerprint density at radius 2 is 1.80 bits per heavy atom. The second-order valence-corrected chi connectivity index (χ2v) is 9.68. The molecule has 3 heterocycles. The molecule has 5 nitrogen and oxygen atoms in total. The predicted molar refractivity (Wildman–Crippen MR) is 114 cm³/mol. The third kappa shape index (κ3) is 3.13. The van der Waals surface area contributed by atoms with Crippen molar-refractivity contribution < 1.29 is 18.7 Å². The highest BCUT2D eigenvalue weighted by atomic mass is 79.9. The smallest absolute Gasteiger partial charge is 0.290 e. The Morgan fingerprint density at radius 3 is 2.50 bits per heavy atom. The molecule has 5 atom stereocenters. The van der Waals surface area contributed by atoms with Gasteiger partial charge >= 0.3 is 0 Å². The minimum atomic E-state index is -0.464. The molecular weight excluding hydrogens is 446 g/mol. The average Bonchev–Trinajstić information content (AvgIpc) is 3.33. The number of halogens is 1. The topological polar surface area (TPSA) is 59.8 Å². The lowest BCUT2D eigenvalue weighted by molar-refractivity contribution is -0.137. The third-order valence-corrected chi connectivity index (χ3v) is 7.43. The summed E-state index contributed by atoms with van der Waals surface area (Å²) in [5.74, 6) is 1.52. The molecule has 1 aromatic carbocycles. The summed E-state index contributed by atoms with van der Waals surface area (Å²) in [6.45, 7) is 4.69. The molecule has 0 spiro atoms. The van der Waals surface area contributed by atoms with Crippen molar-refractivity contribution in [2.24, 2.45) is 17.8 Å². The molecule has 156 valence electrons. The number of rotatable bonds is 3. The number of ether oxygens (including phenoxy) is 1. The van der Waals surface area contributed by atoms with Crippen molar-refractivity contribution >= 4 is 27.6 Å². The van der Waals surface area contributed by atoms with Crippen LogP contribution in [0.2, 0.25) is 0 Å². The summed E-state index contributed by atoms with van der Waals surface area (Å²) in [6.07, 6.45) is 3.00. The van der Waals surface area contributed by atoms with E-state index in [1.807, 2.05) is 30.3 Å². The van der Waals surface area contributed by atoms with Gasteiger partial charge in [-0.3, -0.25) is 9.59 Å². The zero-order valence-corrected chi connectivity index (χ0v) is 18.6. The predicted octanol–water partition coefficient (Wildman–Crippen LogP) is 5.03. The van der Waals surface area contributed by atoms with E-state index >= 15 is 0 Å². The second-order valence-electron chi connectivity index (χ2n) is 8.76. The zero-order chi connectivity index (χ0) is 21.0. The molecule has 0 N–H and O–H groups in total. The van der Waals surface area contributed by atoms with E-state index in [2.05, 4.69) is 29.8 Å². The summed E-state index contributed by atoms with van der Waals surface area (Å²) in [6, 6.07) is 11.0. The van der Waals surface area contributed by atoms with Gasteiger partial charge in [0.05, 0.1) is 30.3 Å². The number of ketones is 1. The molecule has 1 fully saturated rings. The fourth-order valence-corrected chi connectivity index (χ4v) is 5.30. The van der Waals surface area contributed by atoms with Crippen LogP contribution >= 0.6 is 15.9 Å². The molecule has 0 radical (unpaired) electrons. The second kappa shape index (κ2) is 7.41. The van der Waals surface area contributed by atoms with Gasteiger partial charge in [0.1, 0.15) is 11.9 Å². The maximum atomic E-state index is 13.7. The minimum absolute atomic E-state index is 0.0724. The minimum Gasteiger partial charge on any atom is -0.483 e. The van der Waals surface area contributed by atoms with E-state index in [4.69, 9.17) is 9.15 Å². The Labute approximate surface area is 184 Å². The van der Waals surface area contributed by atoms with Gasteiger partial charge in [0.2, 0.25) is 0 Å². The summed E-state index contributed by atoms with van der Waals surface area (Å²) in [5.41, 5.74) is 1.41. The van der Waals surface area contributed by atoms with Crippen LogP contribution in [0.15, 0.2) is 62.9 Å². The molecular formula is C24H24BrNO4. The van der Waals surface area contributed by atoms with E-state index in [9.17, 15) is 9.59 Å². The fraction of sp³-hybridized carbons (Fsp3) is 0.417. The molecule has 2 aromatic rings.